The number of aromatic nitrogens is 2. The second-order valence-corrected chi connectivity index (χ2v) is 6.85. The zero-order valence-corrected chi connectivity index (χ0v) is 16.4. The van der Waals surface area contributed by atoms with Crippen LogP contribution >= 0.6 is 12.4 Å². The molecule has 0 amide bonds. The van der Waals surface area contributed by atoms with Gasteiger partial charge in [-0.3, -0.25) is 0 Å². The van der Waals surface area contributed by atoms with E-state index in [0.717, 1.165) is 6.07 Å². The number of rotatable bonds is 4. The van der Waals surface area contributed by atoms with E-state index in [0.29, 0.717) is 22.7 Å². The molecule has 1 saturated heterocycles. The van der Waals surface area contributed by atoms with Gasteiger partial charge >= 0.3 is 6.18 Å². The molecule has 0 saturated carbocycles. The van der Waals surface area contributed by atoms with E-state index in [1.54, 1.807) is 29.2 Å². The Hall–Kier alpha value is -2.62. The molecule has 1 fully saturated rings. The lowest BCUT2D eigenvalue weighted by Gasteiger charge is -2.32. The van der Waals surface area contributed by atoms with E-state index in [4.69, 9.17) is 4.42 Å². The van der Waals surface area contributed by atoms with Crippen LogP contribution in [-0.2, 0) is 12.7 Å². The Labute approximate surface area is 174 Å². The van der Waals surface area contributed by atoms with Gasteiger partial charge in [-0.1, -0.05) is 12.1 Å². The minimum absolute atomic E-state index is 0. The monoisotopic (exact) mass is 448 g/mol. The van der Waals surface area contributed by atoms with Gasteiger partial charge in [0.25, 0.3) is 5.92 Å². The quantitative estimate of drug-likeness (QED) is 0.533. The highest BCUT2D eigenvalue weighted by atomic mass is 35.5. The molecule has 0 radical (unpaired) electrons. The molecule has 0 atom stereocenters. The van der Waals surface area contributed by atoms with Crippen molar-refractivity contribution in [3.8, 4) is 0 Å². The first kappa shape index (κ1) is 22.1. The van der Waals surface area contributed by atoms with Crippen molar-refractivity contribution in [3.63, 3.8) is 0 Å². The van der Waals surface area contributed by atoms with Crippen molar-refractivity contribution in [2.45, 2.75) is 31.5 Å². The van der Waals surface area contributed by atoms with E-state index in [1.807, 2.05) is 0 Å². The fraction of sp³-hybridized carbons (Fsp3) is 0.368. The van der Waals surface area contributed by atoms with Crippen molar-refractivity contribution in [2.75, 3.05) is 23.3 Å². The molecule has 1 aliphatic rings. The van der Waals surface area contributed by atoms with Crippen LogP contribution in [0, 0.1) is 0 Å². The summed E-state index contributed by atoms with van der Waals surface area (Å²) < 4.78 is 69.8. The smallest absolute Gasteiger partial charge is 0.449 e. The summed E-state index contributed by atoms with van der Waals surface area (Å²) in [5.41, 5.74) is 0.604. The number of anilines is 2. The molecule has 0 bridgehead atoms. The zero-order valence-electron chi connectivity index (χ0n) is 15.5. The summed E-state index contributed by atoms with van der Waals surface area (Å²) in [7, 11) is 0. The molecule has 3 aromatic rings. The molecular formula is C19H18ClF5N4O. The zero-order chi connectivity index (χ0) is 20.6. The summed E-state index contributed by atoms with van der Waals surface area (Å²) in [6.45, 7) is 0.227. The maximum absolute atomic E-state index is 13.4. The van der Waals surface area contributed by atoms with Crippen molar-refractivity contribution in [3.05, 3.63) is 47.9 Å². The predicted molar refractivity (Wildman–Crippen MR) is 104 cm³/mol. The second kappa shape index (κ2) is 8.25. The SMILES string of the molecule is Cl.FC1(F)CCN(c2nc(NCc3ccc(C(F)(F)F)o3)c3ccccc3n2)CC1. The van der Waals surface area contributed by atoms with Gasteiger partial charge in [-0.2, -0.15) is 18.2 Å². The van der Waals surface area contributed by atoms with Crippen molar-refractivity contribution in [1.82, 2.24) is 9.97 Å². The number of fused-ring (bicyclic) bond motifs is 1. The van der Waals surface area contributed by atoms with Gasteiger partial charge in [0.1, 0.15) is 11.6 Å². The molecule has 30 heavy (non-hydrogen) atoms. The summed E-state index contributed by atoms with van der Waals surface area (Å²) in [6, 6.07) is 9.22. The number of alkyl halides is 5. The van der Waals surface area contributed by atoms with Crippen molar-refractivity contribution in [1.29, 1.82) is 0 Å². The van der Waals surface area contributed by atoms with E-state index in [2.05, 4.69) is 15.3 Å². The van der Waals surface area contributed by atoms with Gasteiger partial charge in [0.2, 0.25) is 11.7 Å². The summed E-state index contributed by atoms with van der Waals surface area (Å²) in [5, 5.41) is 3.65. The number of para-hydroxylation sites is 1. The molecule has 4 rings (SSSR count). The van der Waals surface area contributed by atoms with Crippen LogP contribution in [-0.4, -0.2) is 29.0 Å². The number of hydrogen-bond donors (Lipinski definition) is 1. The van der Waals surface area contributed by atoms with E-state index in [-0.39, 0.29) is 50.6 Å². The maximum Gasteiger partial charge on any atom is 0.449 e. The van der Waals surface area contributed by atoms with Crippen molar-refractivity contribution in [2.24, 2.45) is 0 Å². The number of nitrogens with zero attached hydrogens (tertiary/aromatic N) is 3. The summed E-state index contributed by atoms with van der Waals surface area (Å²) in [6.07, 6.45) is -5.11. The molecule has 11 heteroatoms. The van der Waals surface area contributed by atoms with Crippen LogP contribution in [0.2, 0.25) is 0 Å². The first-order chi connectivity index (χ1) is 13.7. The Bertz CT molecular complexity index is 1010. The highest BCUT2D eigenvalue weighted by molar-refractivity contribution is 5.90. The summed E-state index contributed by atoms with van der Waals surface area (Å²) >= 11 is 0. The van der Waals surface area contributed by atoms with Gasteiger partial charge < -0.3 is 14.6 Å². The molecule has 5 nitrogen and oxygen atoms in total. The van der Waals surface area contributed by atoms with Crippen molar-refractivity contribution < 1.29 is 26.4 Å². The Kier molecular flexibility index (Phi) is 6.07. The first-order valence-electron chi connectivity index (χ1n) is 9.01. The van der Waals surface area contributed by atoms with E-state index < -0.39 is 17.9 Å². The normalized spacial score (nSPS) is 16.4. The summed E-state index contributed by atoms with van der Waals surface area (Å²) in [5.74, 6) is -2.97. The molecule has 1 aromatic carbocycles. The van der Waals surface area contributed by atoms with Gasteiger partial charge in [-0.15, -0.1) is 12.4 Å². The summed E-state index contributed by atoms with van der Waals surface area (Å²) in [4.78, 5) is 10.6. The number of furan rings is 1. The Morgan fingerprint density at radius 2 is 1.73 bits per heavy atom. The van der Waals surface area contributed by atoms with Crippen LogP contribution in [0.1, 0.15) is 24.4 Å². The number of piperidine rings is 1. The number of hydrogen-bond acceptors (Lipinski definition) is 5. The van der Waals surface area contributed by atoms with Gasteiger partial charge in [0.15, 0.2) is 0 Å². The average molecular weight is 449 g/mol. The number of benzene rings is 1. The van der Waals surface area contributed by atoms with E-state index in [9.17, 15) is 22.0 Å². The molecule has 0 aliphatic carbocycles. The highest BCUT2D eigenvalue weighted by Crippen LogP contribution is 2.32. The molecule has 0 unspecified atom stereocenters. The Balaban J connectivity index is 0.00000256. The van der Waals surface area contributed by atoms with Crippen LogP contribution in [0.4, 0.5) is 33.7 Å². The van der Waals surface area contributed by atoms with Crippen LogP contribution in [0.25, 0.3) is 10.9 Å². The minimum Gasteiger partial charge on any atom is -0.455 e. The van der Waals surface area contributed by atoms with Crippen LogP contribution in [0.3, 0.4) is 0 Å². The topological polar surface area (TPSA) is 54.2 Å². The molecule has 1 aliphatic heterocycles. The van der Waals surface area contributed by atoms with Crippen LogP contribution < -0.4 is 10.2 Å². The fourth-order valence-corrected chi connectivity index (χ4v) is 3.17. The van der Waals surface area contributed by atoms with E-state index in [1.165, 1.54) is 6.07 Å². The molecule has 162 valence electrons. The number of nitrogens with one attached hydrogen (secondary N) is 1. The predicted octanol–water partition coefficient (Wildman–Crippen LogP) is 5.51. The Morgan fingerprint density at radius 1 is 1.03 bits per heavy atom. The minimum atomic E-state index is -4.55. The third kappa shape index (κ3) is 4.75. The lowest BCUT2D eigenvalue weighted by atomic mass is 10.1. The average Bonchev–Trinajstić information content (AvgIpc) is 3.15. The molecule has 3 heterocycles. The van der Waals surface area contributed by atoms with Gasteiger partial charge in [0, 0.05) is 31.3 Å². The van der Waals surface area contributed by atoms with Gasteiger partial charge in [-0.05, 0) is 24.3 Å². The third-order valence-corrected chi connectivity index (χ3v) is 4.74. The highest BCUT2D eigenvalue weighted by Gasteiger charge is 2.35. The van der Waals surface area contributed by atoms with Gasteiger partial charge in [0.05, 0.1) is 12.1 Å². The molecule has 0 spiro atoms. The second-order valence-electron chi connectivity index (χ2n) is 6.85. The molecular weight excluding hydrogens is 431 g/mol. The third-order valence-electron chi connectivity index (χ3n) is 4.74. The fourth-order valence-electron chi connectivity index (χ4n) is 3.17. The lowest BCUT2D eigenvalue weighted by Crippen LogP contribution is -2.40. The largest absolute Gasteiger partial charge is 0.455 e. The maximum atomic E-state index is 13.4. The van der Waals surface area contributed by atoms with Gasteiger partial charge in [-0.25, -0.2) is 13.8 Å². The standard InChI is InChI=1S/C19H17F5N4O.ClH/c20-18(21)7-9-28(10-8-18)17-26-14-4-2-1-3-13(14)16(27-17)25-11-12-5-6-15(29-12)19(22,23)24;/h1-6H,7-11H2,(H,25,26,27);1H. The van der Waals surface area contributed by atoms with Crippen LogP contribution in [0.5, 0.6) is 0 Å². The van der Waals surface area contributed by atoms with E-state index >= 15 is 0 Å². The molecule has 2 aromatic heterocycles. The number of halogens is 6. The van der Waals surface area contributed by atoms with Crippen molar-refractivity contribution >= 4 is 35.1 Å². The first-order valence-corrected chi connectivity index (χ1v) is 9.01. The Morgan fingerprint density at radius 3 is 2.40 bits per heavy atom. The molecule has 1 N–H and O–H groups in total. The van der Waals surface area contributed by atoms with Crippen LogP contribution in [0.15, 0.2) is 40.8 Å². The lowest BCUT2D eigenvalue weighted by molar-refractivity contribution is -0.153.